The standard InChI is InChI=1S/C37H42N2O8S/c1-2-3-4-5-9-24-46-33-22-16-31(17-23-33)37(43)47-34-20-12-28(13-21-34)25-39(26-35(40)41)36(42)30-14-18-32(19-15-30)38-48(44,45)27-29-10-7-6-8-11-29/h6-7,10,12-23,38H,2-5,8-9,11,24-27H2,1H3,(H,40,41). The van der Waals surface area contributed by atoms with E-state index >= 15 is 0 Å². The Kier molecular flexibility index (Phi) is 13.4. The first-order valence-electron chi connectivity index (χ1n) is 16.1. The van der Waals surface area contributed by atoms with Crippen LogP contribution >= 0.6 is 0 Å². The fourth-order valence-electron chi connectivity index (χ4n) is 5.09. The number of nitrogens with one attached hydrogen (secondary N) is 1. The number of carbonyl (C=O) groups is 3. The topological polar surface area (TPSA) is 139 Å². The SMILES string of the molecule is CCCCCCCOc1ccc(C(=O)Oc2ccc(CN(CC(=O)O)C(=O)c3ccc(NS(=O)(=O)CC4=CC=CCC4)cc3)cc2)cc1. The number of benzene rings is 3. The Balaban J connectivity index is 1.31. The molecule has 11 heteroatoms. The number of unbranched alkanes of at least 4 members (excludes halogenated alkanes) is 4. The molecule has 0 saturated heterocycles. The van der Waals surface area contributed by atoms with Gasteiger partial charge in [-0.3, -0.25) is 14.3 Å². The van der Waals surface area contributed by atoms with Crippen LogP contribution in [-0.2, 0) is 21.4 Å². The lowest BCUT2D eigenvalue weighted by Gasteiger charge is -2.21. The van der Waals surface area contributed by atoms with Gasteiger partial charge in [-0.15, -0.1) is 0 Å². The summed E-state index contributed by atoms with van der Waals surface area (Å²) < 4.78 is 39.0. The van der Waals surface area contributed by atoms with E-state index < -0.39 is 34.4 Å². The number of amides is 1. The van der Waals surface area contributed by atoms with E-state index in [4.69, 9.17) is 9.47 Å². The zero-order chi connectivity index (χ0) is 34.4. The second-order valence-electron chi connectivity index (χ2n) is 11.6. The third-order valence-corrected chi connectivity index (χ3v) is 8.91. The van der Waals surface area contributed by atoms with Crippen molar-refractivity contribution in [1.82, 2.24) is 4.90 Å². The van der Waals surface area contributed by atoms with Crippen molar-refractivity contribution in [2.75, 3.05) is 23.6 Å². The highest BCUT2D eigenvalue weighted by Crippen LogP contribution is 2.21. The zero-order valence-corrected chi connectivity index (χ0v) is 27.9. The molecule has 0 aromatic heterocycles. The first kappa shape index (κ1) is 35.9. The van der Waals surface area contributed by atoms with Crippen LogP contribution in [0.1, 0.15) is 78.1 Å². The average molecular weight is 675 g/mol. The molecule has 0 saturated carbocycles. The first-order valence-corrected chi connectivity index (χ1v) is 17.8. The van der Waals surface area contributed by atoms with Crippen LogP contribution in [0.15, 0.2) is 96.6 Å². The fraction of sp³-hybridized carbons (Fsp3) is 0.324. The number of carboxylic acid groups (broad SMARTS) is 1. The van der Waals surface area contributed by atoms with Crippen molar-refractivity contribution < 1.29 is 37.4 Å². The average Bonchev–Trinajstić information content (AvgIpc) is 3.07. The lowest BCUT2D eigenvalue weighted by Crippen LogP contribution is -2.35. The van der Waals surface area contributed by atoms with Crippen LogP contribution in [0, 0.1) is 0 Å². The largest absolute Gasteiger partial charge is 0.494 e. The molecule has 1 aliphatic carbocycles. The summed E-state index contributed by atoms with van der Waals surface area (Å²) in [4.78, 5) is 38.7. The number of allylic oxidation sites excluding steroid dienone is 3. The molecule has 10 nitrogen and oxygen atoms in total. The van der Waals surface area contributed by atoms with Gasteiger partial charge in [-0.2, -0.15) is 0 Å². The van der Waals surface area contributed by atoms with E-state index in [2.05, 4.69) is 11.6 Å². The molecule has 1 aliphatic rings. The minimum Gasteiger partial charge on any atom is -0.494 e. The van der Waals surface area contributed by atoms with Gasteiger partial charge < -0.3 is 19.5 Å². The summed E-state index contributed by atoms with van der Waals surface area (Å²) >= 11 is 0. The number of sulfonamides is 1. The van der Waals surface area contributed by atoms with E-state index in [-0.39, 0.29) is 17.9 Å². The Bertz CT molecular complexity index is 1700. The van der Waals surface area contributed by atoms with Gasteiger partial charge in [-0.25, -0.2) is 13.2 Å². The molecular weight excluding hydrogens is 632 g/mol. The van der Waals surface area contributed by atoms with Crippen LogP contribution in [0.4, 0.5) is 5.69 Å². The Morgan fingerprint density at radius 3 is 2.17 bits per heavy atom. The summed E-state index contributed by atoms with van der Waals surface area (Å²) in [6.07, 6.45) is 12.8. The number of anilines is 1. The summed E-state index contributed by atoms with van der Waals surface area (Å²) in [6, 6.07) is 19.1. The summed E-state index contributed by atoms with van der Waals surface area (Å²) in [5, 5.41) is 9.47. The summed E-state index contributed by atoms with van der Waals surface area (Å²) in [5.41, 5.74) is 2.30. The molecule has 0 aliphatic heterocycles. The molecule has 0 radical (unpaired) electrons. The van der Waals surface area contributed by atoms with Crippen molar-refractivity contribution in [3.63, 3.8) is 0 Å². The molecule has 0 unspecified atom stereocenters. The first-order chi connectivity index (χ1) is 23.1. The molecule has 48 heavy (non-hydrogen) atoms. The van der Waals surface area contributed by atoms with Gasteiger partial charge in [0.25, 0.3) is 5.91 Å². The second kappa shape index (κ2) is 17.9. The van der Waals surface area contributed by atoms with Crippen LogP contribution in [0.2, 0.25) is 0 Å². The minimum atomic E-state index is -3.64. The lowest BCUT2D eigenvalue weighted by atomic mass is 10.1. The van der Waals surface area contributed by atoms with Crippen molar-refractivity contribution in [2.45, 2.75) is 58.4 Å². The van der Waals surface area contributed by atoms with Gasteiger partial charge in [0, 0.05) is 17.8 Å². The molecule has 0 fully saturated rings. The number of esters is 1. The Hall–Kier alpha value is -4.90. The van der Waals surface area contributed by atoms with Gasteiger partial charge in [0.15, 0.2) is 0 Å². The highest BCUT2D eigenvalue weighted by atomic mass is 32.2. The molecule has 3 aromatic carbocycles. The van der Waals surface area contributed by atoms with E-state index in [0.717, 1.165) is 24.8 Å². The Labute approximate surface area is 282 Å². The van der Waals surface area contributed by atoms with Crippen LogP contribution in [-0.4, -0.2) is 55.2 Å². The normalized spacial score (nSPS) is 12.6. The number of rotatable bonds is 18. The summed E-state index contributed by atoms with van der Waals surface area (Å²) in [6.45, 7) is 2.24. The minimum absolute atomic E-state index is 0.0165. The zero-order valence-electron chi connectivity index (χ0n) is 27.1. The molecule has 0 spiro atoms. The Morgan fingerprint density at radius 2 is 1.52 bits per heavy atom. The van der Waals surface area contributed by atoms with Crippen LogP contribution in [0.5, 0.6) is 11.5 Å². The van der Waals surface area contributed by atoms with Crippen molar-refractivity contribution in [1.29, 1.82) is 0 Å². The fourth-order valence-corrected chi connectivity index (χ4v) is 6.39. The lowest BCUT2D eigenvalue weighted by molar-refractivity contribution is -0.137. The number of aliphatic carboxylic acids is 1. The monoisotopic (exact) mass is 674 g/mol. The molecule has 2 N–H and O–H groups in total. The van der Waals surface area contributed by atoms with Crippen molar-refractivity contribution in [3.05, 3.63) is 113 Å². The van der Waals surface area contributed by atoms with Gasteiger partial charge in [0.05, 0.1) is 17.9 Å². The maximum Gasteiger partial charge on any atom is 0.343 e. The number of ether oxygens (including phenoxy) is 2. The predicted molar refractivity (Wildman–Crippen MR) is 185 cm³/mol. The van der Waals surface area contributed by atoms with Gasteiger partial charge in [-0.05, 0) is 85.5 Å². The Morgan fingerprint density at radius 1 is 0.854 bits per heavy atom. The van der Waals surface area contributed by atoms with Gasteiger partial charge in [0.1, 0.15) is 18.0 Å². The van der Waals surface area contributed by atoms with E-state index in [1.807, 2.05) is 12.2 Å². The second-order valence-corrected chi connectivity index (χ2v) is 13.3. The third-order valence-electron chi connectivity index (χ3n) is 7.61. The number of carbonyl (C=O) groups excluding carboxylic acids is 2. The van der Waals surface area contributed by atoms with E-state index in [0.29, 0.717) is 41.3 Å². The number of hydrogen-bond acceptors (Lipinski definition) is 7. The maximum atomic E-state index is 13.3. The van der Waals surface area contributed by atoms with E-state index in [1.165, 1.54) is 48.4 Å². The molecule has 0 bridgehead atoms. The van der Waals surface area contributed by atoms with Crippen molar-refractivity contribution >= 4 is 33.6 Å². The van der Waals surface area contributed by atoms with E-state index in [1.54, 1.807) is 54.6 Å². The van der Waals surface area contributed by atoms with Crippen LogP contribution < -0.4 is 14.2 Å². The van der Waals surface area contributed by atoms with E-state index in [9.17, 15) is 27.9 Å². The highest BCUT2D eigenvalue weighted by Gasteiger charge is 2.20. The van der Waals surface area contributed by atoms with Gasteiger partial charge >= 0.3 is 11.9 Å². The van der Waals surface area contributed by atoms with Crippen LogP contribution in [0.25, 0.3) is 0 Å². The maximum absolute atomic E-state index is 13.3. The van der Waals surface area contributed by atoms with Gasteiger partial charge in [-0.1, -0.05) is 68.5 Å². The van der Waals surface area contributed by atoms with Crippen LogP contribution in [0.3, 0.4) is 0 Å². The number of hydrogen-bond donors (Lipinski definition) is 2. The number of carboxylic acids is 1. The molecule has 4 rings (SSSR count). The molecule has 254 valence electrons. The summed E-state index contributed by atoms with van der Waals surface area (Å²) in [5.74, 6) is -1.40. The molecule has 0 heterocycles. The third kappa shape index (κ3) is 11.7. The van der Waals surface area contributed by atoms with Gasteiger partial charge in [0.2, 0.25) is 10.0 Å². The molecule has 3 aromatic rings. The van der Waals surface area contributed by atoms with Crippen molar-refractivity contribution in [2.24, 2.45) is 0 Å². The highest BCUT2D eigenvalue weighted by molar-refractivity contribution is 7.92. The molecular formula is C37H42N2O8S. The van der Waals surface area contributed by atoms with Crippen molar-refractivity contribution in [3.8, 4) is 11.5 Å². The number of nitrogens with zero attached hydrogens (tertiary/aromatic N) is 1. The molecule has 1 amide bonds. The predicted octanol–water partition coefficient (Wildman–Crippen LogP) is 7.00. The smallest absolute Gasteiger partial charge is 0.343 e. The summed E-state index contributed by atoms with van der Waals surface area (Å²) in [7, 11) is -3.64. The molecule has 0 atom stereocenters. The quantitative estimate of drug-likeness (QED) is 0.0836.